The van der Waals surface area contributed by atoms with E-state index in [0.29, 0.717) is 35.5 Å². The Morgan fingerprint density at radius 2 is 2.04 bits per heavy atom. The van der Waals surface area contributed by atoms with Crippen molar-refractivity contribution in [3.8, 4) is 17.5 Å². The number of aromatic nitrogens is 3. The maximum atomic E-state index is 12.3. The highest BCUT2D eigenvalue weighted by Gasteiger charge is 2.09. The summed E-state index contributed by atoms with van der Waals surface area (Å²) in [5, 5.41) is 16.5. The van der Waals surface area contributed by atoms with Crippen LogP contribution in [0.15, 0.2) is 58.0 Å². The van der Waals surface area contributed by atoms with Crippen molar-refractivity contribution >= 4 is 16.8 Å². The van der Waals surface area contributed by atoms with E-state index in [9.17, 15) is 9.59 Å². The first-order valence-electron chi connectivity index (χ1n) is 8.59. The monoisotopic (exact) mass is 373 g/mol. The molecule has 0 spiro atoms. The van der Waals surface area contributed by atoms with Gasteiger partial charge in [0.1, 0.15) is 6.07 Å². The fourth-order valence-electron chi connectivity index (χ4n) is 2.97. The lowest BCUT2D eigenvalue weighted by Crippen LogP contribution is -2.25. The van der Waals surface area contributed by atoms with Gasteiger partial charge in [-0.05, 0) is 36.2 Å². The van der Waals surface area contributed by atoms with E-state index in [0.717, 1.165) is 16.5 Å². The number of aromatic amines is 2. The Morgan fingerprint density at radius 3 is 2.75 bits per heavy atom. The fraction of sp³-hybridized carbons (Fsp3) is 0.100. The first-order chi connectivity index (χ1) is 13.6. The number of nitrogens with zero attached hydrogens (tertiary/aromatic N) is 2. The topological polar surface area (TPSA) is 128 Å². The smallest absolute Gasteiger partial charge is 0.360 e. The van der Waals surface area contributed by atoms with Crippen molar-refractivity contribution in [2.24, 2.45) is 0 Å². The molecule has 0 aliphatic carbocycles. The van der Waals surface area contributed by atoms with Gasteiger partial charge in [0, 0.05) is 34.8 Å². The molecule has 28 heavy (non-hydrogen) atoms. The summed E-state index contributed by atoms with van der Waals surface area (Å²) < 4.78 is 4.47. The van der Waals surface area contributed by atoms with Gasteiger partial charge in [-0.15, -0.1) is 0 Å². The van der Waals surface area contributed by atoms with Crippen molar-refractivity contribution in [2.45, 2.75) is 6.42 Å². The molecule has 0 aliphatic heterocycles. The normalized spacial score (nSPS) is 10.7. The van der Waals surface area contributed by atoms with Crippen molar-refractivity contribution in [3.63, 3.8) is 0 Å². The zero-order valence-electron chi connectivity index (χ0n) is 14.7. The lowest BCUT2D eigenvalue weighted by atomic mass is 10.1. The minimum Gasteiger partial charge on any atom is -0.360 e. The number of benzene rings is 2. The maximum absolute atomic E-state index is 12.3. The minimum absolute atomic E-state index is 0.194. The number of carbonyl (C=O) groups is 1. The van der Waals surface area contributed by atoms with Crippen LogP contribution in [0.2, 0.25) is 0 Å². The molecule has 0 atom stereocenters. The Labute approximate surface area is 158 Å². The Bertz CT molecular complexity index is 1240. The predicted octanol–water partition coefficient (Wildman–Crippen LogP) is 2.36. The highest BCUT2D eigenvalue weighted by atomic mass is 16.5. The third kappa shape index (κ3) is 3.41. The first-order valence-corrected chi connectivity index (χ1v) is 8.59. The zero-order valence-corrected chi connectivity index (χ0v) is 14.7. The summed E-state index contributed by atoms with van der Waals surface area (Å²) in [6.45, 7) is 0.467. The number of H-pyrrole nitrogens is 2. The second-order valence-electron chi connectivity index (χ2n) is 6.22. The number of rotatable bonds is 5. The van der Waals surface area contributed by atoms with Gasteiger partial charge >= 0.3 is 5.76 Å². The summed E-state index contributed by atoms with van der Waals surface area (Å²) in [5.41, 5.74) is 3.71. The molecule has 4 rings (SSSR count). The minimum atomic E-state index is -0.628. The van der Waals surface area contributed by atoms with Crippen molar-refractivity contribution in [1.29, 1.82) is 5.26 Å². The third-order valence-corrected chi connectivity index (χ3v) is 4.43. The summed E-state index contributed by atoms with van der Waals surface area (Å²) in [4.78, 5) is 28.8. The average Bonchev–Trinajstić information content (AvgIpc) is 3.33. The van der Waals surface area contributed by atoms with Crippen LogP contribution in [0.4, 0.5) is 0 Å². The molecule has 0 fully saturated rings. The van der Waals surface area contributed by atoms with Gasteiger partial charge in [0.2, 0.25) is 0 Å². The van der Waals surface area contributed by atoms with Crippen LogP contribution in [-0.4, -0.2) is 27.6 Å². The molecule has 8 heteroatoms. The molecule has 1 amide bonds. The molecule has 4 aromatic rings. The summed E-state index contributed by atoms with van der Waals surface area (Å²) in [7, 11) is 0. The van der Waals surface area contributed by atoms with Crippen LogP contribution < -0.4 is 11.1 Å². The molecule has 2 heterocycles. The quantitative estimate of drug-likeness (QED) is 0.495. The number of nitriles is 1. The number of carbonyl (C=O) groups excluding carboxylic acids is 1. The number of nitrogens with one attached hydrogen (secondary N) is 3. The molecule has 0 bridgehead atoms. The van der Waals surface area contributed by atoms with E-state index >= 15 is 0 Å². The first kappa shape index (κ1) is 17.3. The van der Waals surface area contributed by atoms with Gasteiger partial charge in [-0.1, -0.05) is 23.4 Å². The summed E-state index contributed by atoms with van der Waals surface area (Å²) >= 11 is 0. The Kier molecular flexibility index (Phi) is 4.48. The number of hydrogen-bond acceptors (Lipinski definition) is 5. The van der Waals surface area contributed by atoms with Gasteiger partial charge in [-0.25, -0.2) is 4.79 Å². The third-order valence-electron chi connectivity index (χ3n) is 4.43. The van der Waals surface area contributed by atoms with Crippen LogP contribution in [-0.2, 0) is 6.42 Å². The van der Waals surface area contributed by atoms with Crippen LogP contribution in [0.25, 0.3) is 22.3 Å². The summed E-state index contributed by atoms with van der Waals surface area (Å²) in [5.74, 6) is -0.508. The zero-order chi connectivity index (χ0) is 19.5. The van der Waals surface area contributed by atoms with Crippen LogP contribution in [0.5, 0.6) is 0 Å². The number of hydrogen-bond donors (Lipinski definition) is 3. The molecule has 138 valence electrons. The molecule has 0 unspecified atom stereocenters. The van der Waals surface area contributed by atoms with Gasteiger partial charge < -0.3 is 10.3 Å². The van der Waals surface area contributed by atoms with Crippen molar-refractivity contribution in [2.75, 3.05) is 6.54 Å². The maximum Gasteiger partial charge on any atom is 0.439 e. The van der Waals surface area contributed by atoms with E-state index in [1.54, 1.807) is 30.5 Å². The SMILES string of the molecule is N#Cc1c[nH]c2ccc(CCNC(=O)c3ccc(-c4noc(=O)[nH]4)cc3)cc12. The van der Waals surface area contributed by atoms with Crippen molar-refractivity contribution in [3.05, 3.63) is 75.9 Å². The molecule has 0 aliphatic rings. The Balaban J connectivity index is 1.38. The fourth-order valence-corrected chi connectivity index (χ4v) is 2.97. The highest BCUT2D eigenvalue weighted by molar-refractivity contribution is 5.94. The van der Waals surface area contributed by atoms with E-state index < -0.39 is 5.76 Å². The number of fused-ring (bicyclic) bond motifs is 1. The van der Waals surface area contributed by atoms with Crippen LogP contribution >= 0.6 is 0 Å². The van der Waals surface area contributed by atoms with Crippen molar-refractivity contribution in [1.82, 2.24) is 20.4 Å². The standard InChI is InChI=1S/C20H15N5O3/c21-10-15-11-23-17-6-1-12(9-16(15)17)7-8-22-19(26)14-4-2-13(3-5-14)18-24-20(27)28-25-18/h1-6,9,11,23H,7-8H2,(H,22,26)(H,24,25,27). The van der Waals surface area contributed by atoms with E-state index in [2.05, 4.69) is 31.0 Å². The molecular weight excluding hydrogens is 358 g/mol. The average molecular weight is 373 g/mol. The molecule has 0 saturated carbocycles. The van der Waals surface area contributed by atoms with Crippen LogP contribution in [0.3, 0.4) is 0 Å². The molecule has 0 saturated heterocycles. The number of amides is 1. The van der Waals surface area contributed by atoms with Gasteiger partial charge in [-0.3, -0.25) is 14.3 Å². The Hall–Kier alpha value is -4.12. The van der Waals surface area contributed by atoms with Crippen LogP contribution in [0, 0.1) is 11.3 Å². The van der Waals surface area contributed by atoms with Gasteiger partial charge in [0.05, 0.1) is 5.56 Å². The van der Waals surface area contributed by atoms with E-state index in [4.69, 9.17) is 5.26 Å². The molecule has 0 radical (unpaired) electrons. The van der Waals surface area contributed by atoms with E-state index in [1.807, 2.05) is 18.2 Å². The lowest BCUT2D eigenvalue weighted by Gasteiger charge is -2.06. The largest absolute Gasteiger partial charge is 0.439 e. The van der Waals surface area contributed by atoms with E-state index in [1.165, 1.54) is 0 Å². The lowest BCUT2D eigenvalue weighted by molar-refractivity contribution is 0.0954. The molecule has 2 aromatic carbocycles. The summed E-state index contributed by atoms with van der Waals surface area (Å²) in [6, 6.07) is 14.7. The molecule has 2 aromatic heterocycles. The van der Waals surface area contributed by atoms with Gasteiger partial charge in [0.25, 0.3) is 5.91 Å². The molecule has 8 nitrogen and oxygen atoms in total. The summed E-state index contributed by atoms with van der Waals surface area (Å²) in [6.07, 6.45) is 2.34. The van der Waals surface area contributed by atoms with Gasteiger partial charge in [0.15, 0.2) is 5.82 Å². The predicted molar refractivity (Wildman–Crippen MR) is 102 cm³/mol. The second kappa shape index (κ2) is 7.25. The second-order valence-corrected chi connectivity index (χ2v) is 6.22. The van der Waals surface area contributed by atoms with Crippen molar-refractivity contribution < 1.29 is 9.32 Å². The molecule has 3 N–H and O–H groups in total. The van der Waals surface area contributed by atoms with E-state index in [-0.39, 0.29) is 5.91 Å². The Morgan fingerprint density at radius 1 is 1.21 bits per heavy atom. The van der Waals surface area contributed by atoms with Gasteiger partial charge in [-0.2, -0.15) is 5.26 Å². The molecular formula is C20H15N5O3. The highest BCUT2D eigenvalue weighted by Crippen LogP contribution is 2.19. The van der Waals surface area contributed by atoms with Crippen LogP contribution in [0.1, 0.15) is 21.5 Å².